The monoisotopic (exact) mass is 248 g/mol. The van der Waals surface area contributed by atoms with Gasteiger partial charge in [0.1, 0.15) is 5.82 Å². The maximum Gasteiger partial charge on any atom is 0.224 e. The van der Waals surface area contributed by atoms with E-state index in [2.05, 4.69) is 33.3 Å². The Balaban J connectivity index is 2.07. The van der Waals surface area contributed by atoms with Crippen LogP contribution < -0.4 is 5.32 Å². The molecule has 0 radical (unpaired) electrons. The number of nitrogens with zero attached hydrogens (tertiary/aromatic N) is 3. The number of aryl methyl sites for hydroxylation is 1. The van der Waals surface area contributed by atoms with Gasteiger partial charge in [0, 0.05) is 12.4 Å². The van der Waals surface area contributed by atoms with Crippen molar-refractivity contribution >= 4 is 17.4 Å². The van der Waals surface area contributed by atoms with E-state index in [1.54, 1.807) is 18.5 Å². The predicted octanol–water partition coefficient (Wildman–Crippen LogP) is 2.70. The molecule has 0 fully saturated rings. The summed E-state index contributed by atoms with van der Waals surface area (Å²) < 4.78 is 0. The van der Waals surface area contributed by atoms with Crippen LogP contribution in [0.1, 0.15) is 18.2 Å². The van der Waals surface area contributed by atoms with Crippen molar-refractivity contribution in [1.82, 2.24) is 15.0 Å². The number of hydrogen-bond donors (Lipinski definition) is 1. The number of hydrogen-bond acceptors (Lipinski definition) is 4. The van der Waals surface area contributed by atoms with Crippen LogP contribution in [0.2, 0.25) is 5.28 Å². The molecule has 2 aromatic heterocycles. The third kappa shape index (κ3) is 3.14. The fraction of sp³-hybridized carbons (Fsp3) is 0.250. The summed E-state index contributed by atoms with van der Waals surface area (Å²) in [6, 6.07) is 5.81. The number of halogens is 1. The highest BCUT2D eigenvalue weighted by atomic mass is 35.5. The Morgan fingerprint density at radius 2 is 2.12 bits per heavy atom. The minimum Gasteiger partial charge on any atom is -0.364 e. The average Bonchev–Trinajstić information content (AvgIpc) is 2.37. The lowest BCUT2D eigenvalue weighted by Crippen LogP contribution is -2.06. The van der Waals surface area contributed by atoms with Gasteiger partial charge < -0.3 is 5.32 Å². The van der Waals surface area contributed by atoms with Crippen molar-refractivity contribution in [3.8, 4) is 0 Å². The van der Waals surface area contributed by atoms with Gasteiger partial charge in [-0.3, -0.25) is 4.98 Å². The molecule has 2 heterocycles. The minimum atomic E-state index is 0.242. The van der Waals surface area contributed by atoms with Gasteiger partial charge in [-0.2, -0.15) is 0 Å². The fourth-order valence-electron chi connectivity index (χ4n) is 1.56. The van der Waals surface area contributed by atoms with Crippen LogP contribution in [0.3, 0.4) is 0 Å². The molecular weight excluding hydrogens is 236 g/mol. The first kappa shape index (κ1) is 11.8. The molecule has 2 rings (SSSR count). The molecule has 88 valence electrons. The van der Waals surface area contributed by atoms with Crippen LogP contribution in [0.25, 0.3) is 0 Å². The first-order valence-electron chi connectivity index (χ1n) is 5.44. The molecular formula is C12H13ClN4. The average molecular weight is 249 g/mol. The van der Waals surface area contributed by atoms with Crippen LogP contribution in [0.5, 0.6) is 0 Å². The Bertz CT molecular complexity index is 501. The molecule has 17 heavy (non-hydrogen) atoms. The highest BCUT2D eigenvalue weighted by Gasteiger charge is 2.02. The fourth-order valence-corrected chi connectivity index (χ4v) is 1.71. The second-order valence-electron chi connectivity index (χ2n) is 3.53. The van der Waals surface area contributed by atoms with Crippen LogP contribution in [-0.4, -0.2) is 15.0 Å². The summed E-state index contributed by atoms with van der Waals surface area (Å²) in [4.78, 5) is 12.2. The molecule has 0 saturated carbocycles. The molecule has 0 amide bonds. The molecule has 4 nitrogen and oxygen atoms in total. The molecule has 0 aliphatic carbocycles. The SMILES string of the molecule is CCc1cccnc1CNc1ccnc(Cl)n1. The van der Waals surface area contributed by atoms with Crippen LogP contribution in [0.4, 0.5) is 5.82 Å². The molecule has 1 N–H and O–H groups in total. The molecule has 0 aliphatic rings. The molecule has 0 bridgehead atoms. The molecule has 0 aliphatic heterocycles. The van der Waals surface area contributed by atoms with E-state index in [4.69, 9.17) is 11.6 Å². The summed E-state index contributed by atoms with van der Waals surface area (Å²) in [5.74, 6) is 0.706. The lowest BCUT2D eigenvalue weighted by atomic mass is 10.1. The number of rotatable bonds is 4. The summed E-state index contributed by atoms with van der Waals surface area (Å²) in [6.45, 7) is 2.75. The van der Waals surface area contributed by atoms with E-state index < -0.39 is 0 Å². The largest absolute Gasteiger partial charge is 0.364 e. The standard InChI is InChI=1S/C12H13ClN4/c1-2-9-4-3-6-14-10(9)8-16-11-5-7-15-12(13)17-11/h3-7H,2,8H2,1H3,(H,15,16,17). The number of aromatic nitrogens is 3. The van der Waals surface area contributed by atoms with Gasteiger partial charge in [-0.15, -0.1) is 0 Å². The zero-order valence-corrected chi connectivity index (χ0v) is 10.3. The second-order valence-corrected chi connectivity index (χ2v) is 3.87. The topological polar surface area (TPSA) is 50.7 Å². The van der Waals surface area contributed by atoms with E-state index >= 15 is 0 Å². The lowest BCUT2D eigenvalue weighted by molar-refractivity contribution is 0.961. The summed E-state index contributed by atoms with van der Waals surface area (Å²) in [7, 11) is 0. The van der Waals surface area contributed by atoms with Gasteiger partial charge in [0.05, 0.1) is 12.2 Å². The molecule has 0 saturated heterocycles. The van der Waals surface area contributed by atoms with Crippen LogP contribution in [-0.2, 0) is 13.0 Å². The first-order chi connectivity index (χ1) is 8.29. The van der Waals surface area contributed by atoms with Gasteiger partial charge in [0.15, 0.2) is 0 Å². The van der Waals surface area contributed by atoms with Crippen molar-refractivity contribution in [2.75, 3.05) is 5.32 Å². The van der Waals surface area contributed by atoms with Gasteiger partial charge in [0.2, 0.25) is 5.28 Å². The Morgan fingerprint density at radius 1 is 1.24 bits per heavy atom. The third-order valence-corrected chi connectivity index (χ3v) is 2.61. The molecule has 0 unspecified atom stereocenters. The Hall–Kier alpha value is -1.68. The Labute approximate surface area is 105 Å². The maximum atomic E-state index is 5.71. The quantitative estimate of drug-likeness (QED) is 0.846. The smallest absolute Gasteiger partial charge is 0.224 e. The van der Waals surface area contributed by atoms with Crippen LogP contribution in [0, 0.1) is 0 Å². The van der Waals surface area contributed by atoms with E-state index in [9.17, 15) is 0 Å². The number of nitrogens with one attached hydrogen (secondary N) is 1. The predicted molar refractivity (Wildman–Crippen MR) is 68.0 cm³/mol. The van der Waals surface area contributed by atoms with Gasteiger partial charge >= 0.3 is 0 Å². The van der Waals surface area contributed by atoms with Crippen LogP contribution in [0.15, 0.2) is 30.6 Å². The lowest BCUT2D eigenvalue weighted by Gasteiger charge is -2.08. The molecule has 0 aromatic carbocycles. The molecule has 0 atom stereocenters. The maximum absolute atomic E-state index is 5.71. The first-order valence-corrected chi connectivity index (χ1v) is 5.82. The summed E-state index contributed by atoms with van der Waals surface area (Å²) in [5, 5.41) is 3.42. The highest BCUT2D eigenvalue weighted by molar-refractivity contribution is 6.28. The Morgan fingerprint density at radius 3 is 2.88 bits per heavy atom. The number of anilines is 1. The van der Waals surface area contributed by atoms with Crippen molar-refractivity contribution in [1.29, 1.82) is 0 Å². The highest BCUT2D eigenvalue weighted by Crippen LogP contribution is 2.10. The third-order valence-electron chi connectivity index (χ3n) is 2.43. The molecule has 5 heteroatoms. The van der Waals surface area contributed by atoms with E-state index in [-0.39, 0.29) is 5.28 Å². The summed E-state index contributed by atoms with van der Waals surface area (Å²) in [6.07, 6.45) is 4.38. The van der Waals surface area contributed by atoms with Gasteiger partial charge in [-0.1, -0.05) is 13.0 Å². The van der Waals surface area contributed by atoms with Crippen LogP contribution >= 0.6 is 11.6 Å². The normalized spacial score (nSPS) is 10.2. The van der Waals surface area contributed by atoms with Crippen molar-refractivity contribution in [2.24, 2.45) is 0 Å². The van der Waals surface area contributed by atoms with Crippen molar-refractivity contribution in [2.45, 2.75) is 19.9 Å². The van der Waals surface area contributed by atoms with E-state index in [1.165, 1.54) is 5.56 Å². The van der Waals surface area contributed by atoms with Gasteiger partial charge in [0.25, 0.3) is 0 Å². The molecule has 2 aromatic rings. The van der Waals surface area contributed by atoms with Crippen molar-refractivity contribution < 1.29 is 0 Å². The minimum absolute atomic E-state index is 0.242. The van der Waals surface area contributed by atoms with Crippen molar-refractivity contribution in [3.05, 3.63) is 47.1 Å². The number of pyridine rings is 1. The van der Waals surface area contributed by atoms with E-state index in [0.29, 0.717) is 12.4 Å². The van der Waals surface area contributed by atoms with E-state index in [1.807, 2.05) is 6.07 Å². The van der Waals surface area contributed by atoms with Crippen molar-refractivity contribution in [3.63, 3.8) is 0 Å². The van der Waals surface area contributed by atoms with E-state index in [0.717, 1.165) is 12.1 Å². The summed E-state index contributed by atoms with van der Waals surface area (Å²) >= 11 is 5.71. The van der Waals surface area contributed by atoms with Gasteiger partial charge in [-0.05, 0) is 35.7 Å². The van der Waals surface area contributed by atoms with Gasteiger partial charge in [-0.25, -0.2) is 9.97 Å². The zero-order valence-electron chi connectivity index (χ0n) is 9.52. The molecule has 0 spiro atoms. The second kappa shape index (κ2) is 5.59. The summed E-state index contributed by atoms with van der Waals surface area (Å²) in [5.41, 5.74) is 2.27. The Kier molecular flexibility index (Phi) is 3.88. The zero-order chi connectivity index (χ0) is 12.1.